The van der Waals surface area contributed by atoms with E-state index < -0.39 is 0 Å². The molecule has 0 spiro atoms. The van der Waals surface area contributed by atoms with Crippen LogP contribution < -0.4 is 5.73 Å². The minimum Gasteiger partial charge on any atom is -0.326 e. The van der Waals surface area contributed by atoms with Crippen LogP contribution in [-0.2, 0) is 13.6 Å². The highest BCUT2D eigenvalue weighted by Gasteiger charge is 2.32. The number of likely N-dealkylation sites (tertiary alicyclic amines) is 1. The lowest BCUT2D eigenvalue weighted by atomic mass is 9.92. The van der Waals surface area contributed by atoms with E-state index in [1.807, 2.05) is 11.7 Å². The smallest absolute Gasteiger partial charge is 0.0638 e. The Morgan fingerprint density at radius 3 is 2.65 bits per heavy atom. The highest BCUT2D eigenvalue weighted by atomic mass is 15.3. The van der Waals surface area contributed by atoms with Crippen LogP contribution in [0.4, 0.5) is 0 Å². The van der Waals surface area contributed by atoms with E-state index in [4.69, 9.17) is 5.73 Å². The Bertz CT molecular complexity index is 383. The molecule has 4 heteroatoms. The molecule has 0 unspecified atom stereocenters. The molecule has 0 aliphatic carbocycles. The molecule has 0 amide bonds. The van der Waals surface area contributed by atoms with Crippen LogP contribution in [0.5, 0.6) is 0 Å². The fourth-order valence-electron chi connectivity index (χ4n) is 2.82. The Labute approximate surface area is 104 Å². The van der Waals surface area contributed by atoms with Crippen LogP contribution in [0.15, 0.2) is 6.20 Å². The number of nitrogens with two attached hydrogens (primary N) is 1. The van der Waals surface area contributed by atoms with E-state index in [-0.39, 0.29) is 0 Å². The van der Waals surface area contributed by atoms with Gasteiger partial charge in [0.1, 0.15) is 0 Å². The number of hydrogen-bond donors (Lipinski definition) is 1. The molecule has 2 heterocycles. The molecular formula is C13H24N4. The predicted octanol–water partition coefficient (Wildman–Crippen LogP) is 1.14. The molecule has 0 bridgehead atoms. The Morgan fingerprint density at radius 2 is 2.18 bits per heavy atom. The van der Waals surface area contributed by atoms with Crippen LogP contribution in [-0.4, -0.2) is 33.8 Å². The Hall–Kier alpha value is -0.870. The van der Waals surface area contributed by atoms with Gasteiger partial charge in [0, 0.05) is 44.5 Å². The van der Waals surface area contributed by atoms with Gasteiger partial charge in [-0.3, -0.25) is 9.58 Å². The van der Waals surface area contributed by atoms with Crippen molar-refractivity contribution in [3.63, 3.8) is 0 Å². The normalized spacial score (nSPS) is 26.0. The fourth-order valence-corrected chi connectivity index (χ4v) is 2.82. The summed E-state index contributed by atoms with van der Waals surface area (Å²) in [5.74, 6) is 1.30. The molecule has 1 aliphatic heterocycles. The molecule has 0 radical (unpaired) electrons. The maximum Gasteiger partial charge on any atom is 0.0638 e. The lowest BCUT2D eigenvalue weighted by Crippen LogP contribution is -2.32. The van der Waals surface area contributed by atoms with Gasteiger partial charge in [-0.15, -0.1) is 0 Å². The highest BCUT2D eigenvalue weighted by Crippen LogP contribution is 2.24. The van der Waals surface area contributed by atoms with Crippen LogP contribution in [0.3, 0.4) is 0 Å². The zero-order valence-corrected chi connectivity index (χ0v) is 11.3. The van der Waals surface area contributed by atoms with Crippen LogP contribution in [0.25, 0.3) is 0 Å². The molecule has 1 fully saturated rings. The van der Waals surface area contributed by atoms with Crippen molar-refractivity contribution < 1.29 is 0 Å². The predicted molar refractivity (Wildman–Crippen MR) is 69.5 cm³/mol. The van der Waals surface area contributed by atoms with Crippen molar-refractivity contribution in [2.75, 3.05) is 13.1 Å². The maximum atomic E-state index is 6.20. The summed E-state index contributed by atoms with van der Waals surface area (Å²) in [5.41, 5.74) is 8.66. The van der Waals surface area contributed by atoms with Gasteiger partial charge in [-0.25, -0.2) is 0 Å². The van der Waals surface area contributed by atoms with E-state index in [9.17, 15) is 0 Å². The first-order chi connectivity index (χ1) is 7.97. The molecule has 4 nitrogen and oxygen atoms in total. The number of hydrogen-bond acceptors (Lipinski definition) is 3. The molecule has 17 heavy (non-hydrogen) atoms. The standard InChI is InChI=1S/C13H24N4/c1-9(2)12-7-17(8-13(12)14)6-11-5-16(4)15-10(11)3/h5,9,12-13H,6-8,14H2,1-4H3/t12-,13+/m1/s1. The molecule has 2 N–H and O–H groups in total. The van der Waals surface area contributed by atoms with Crippen molar-refractivity contribution in [3.05, 3.63) is 17.5 Å². The average molecular weight is 236 g/mol. The first kappa shape index (κ1) is 12.6. The summed E-state index contributed by atoms with van der Waals surface area (Å²) in [5, 5.41) is 4.39. The molecule has 1 aromatic rings. The summed E-state index contributed by atoms with van der Waals surface area (Å²) in [6, 6.07) is 0.326. The molecule has 2 atom stereocenters. The van der Waals surface area contributed by atoms with E-state index in [2.05, 4.69) is 37.0 Å². The number of rotatable bonds is 3. The monoisotopic (exact) mass is 236 g/mol. The minimum atomic E-state index is 0.326. The lowest BCUT2D eigenvalue weighted by molar-refractivity contribution is 0.296. The third-order valence-electron chi connectivity index (χ3n) is 3.85. The van der Waals surface area contributed by atoms with Gasteiger partial charge in [0.2, 0.25) is 0 Å². The summed E-state index contributed by atoms with van der Waals surface area (Å²) in [4.78, 5) is 2.46. The van der Waals surface area contributed by atoms with E-state index in [1.165, 1.54) is 5.56 Å². The molecule has 0 aromatic carbocycles. The van der Waals surface area contributed by atoms with E-state index >= 15 is 0 Å². The Kier molecular flexibility index (Phi) is 3.54. The molecule has 96 valence electrons. The number of nitrogens with zero attached hydrogens (tertiary/aromatic N) is 3. The molecule has 1 saturated heterocycles. The van der Waals surface area contributed by atoms with Crippen molar-refractivity contribution in [3.8, 4) is 0 Å². The average Bonchev–Trinajstić information content (AvgIpc) is 2.71. The summed E-state index contributed by atoms with van der Waals surface area (Å²) >= 11 is 0. The highest BCUT2D eigenvalue weighted by molar-refractivity contribution is 5.15. The SMILES string of the molecule is Cc1nn(C)cc1CN1C[C@H](C(C)C)[C@@H](N)C1. The zero-order chi connectivity index (χ0) is 12.6. The summed E-state index contributed by atoms with van der Waals surface area (Å²) in [6.07, 6.45) is 2.11. The Balaban J connectivity index is 2.00. The number of aromatic nitrogens is 2. The largest absolute Gasteiger partial charge is 0.326 e. The third-order valence-corrected chi connectivity index (χ3v) is 3.85. The molecule has 2 rings (SSSR count). The van der Waals surface area contributed by atoms with Gasteiger partial charge < -0.3 is 5.73 Å². The van der Waals surface area contributed by atoms with E-state index in [1.54, 1.807) is 0 Å². The molecule has 1 aliphatic rings. The van der Waals surface area contributed by atoms with Crippen molar-refractivity contribution >= 4 is 0 Å². The van der Waals surface area contributed by atoms with Crippen molar-refractivity contribution in [1.29, 1.82) is 0 Å². The quantitative estimate of drug-likeness (QED) is 0.856. The molecular weight excluding hydrogens is 212 g/mol. The minimum absolute atomic E-state index is 0.326. The number of aryl methyl sites for hydroxylation is 2. The Morgan fingerprint density at radius 1 is 1.47 bits per heavy atom. The summed E-state index contributed by atoms with van der Waals surface area (Å²) in [6.45, 7) is 9.72. The van der Waals surface area contributed by atoms with Gasteiger partial charge in [0.25, 0.3) is 0 Å². The topological polar surface area (TPSA) is 47.1 Å². The van der Waals surface area contributed by atoms with Gasteiger partial charge in [-0.2, -0.15) is 5.10 Å². The van der Waals surface area contributed by atoms with Crippen LogP contribution >= 0.6 is 0 Å². The van der Waals surface area contributed by atoms with Gasteiger partial charge in [0.15, 0.2) is 0 Å². The van der Waals surface area contributed by atoms with Crippen molar-refractivity contribution in [2.45, 2.75) is 33.4 Å². The van der Waals surface area contributed by atoms with Crippen LogP contribution in [0, 0.1) is 18.8 Å². The van der Waals surface area contributed by atoms with E-state index in [0.717, 1.165) is 25.3 Å². The third kappa shape index (κ3) is 2.69. The van der Waals surface area contributed by atoms with Crippen LogP contribution in [0.2, 0.25) is 0 Å². The lowest BCUT2D eigenvalue weighted by Gasteiger charge is -2.18. The van der Waals surface area contributed by atoms with Crippen molar-refractivity contribution in [1.82, 2.24) is 14.7 Å². The first-order valence-electron chi connectivity index (χ1n) is 6.44. The zero-order valence-electron chi connectivity index (χ0n) is 11.3. The maximum absolute atomic E-state index is 6.20. The summed E-state index contributed by atoms with van der Waals surface area (Å²) < 4.78 is 1.89. The second-order valence-corrected chi connectivity index (χ2v) is 5.68. The second-order valence-electron chi connectivity index (χ2n) is 5.68. The molecule has 0 saturated carbocycles. The van der Waals surface area contributed by atoms with E-state index in [0.29, 0.717) is 17.9 Å². The van der Waals surface area contributed by atoms with Gasteiger partial charge in [-0.1, -0.05) is 13.8 Å². The molecule has 1 aromatic heterocycles. The first-order valence-corrected chi connectivity index (χ1v) is 6.44. The van der Waals surface area contributed by atoms with Gasteiger partial charge in [0.05, 0.1) is 5.69 Å². The van der Waals surface area contributed by atoms with Crippen LogP contribution in [0.1, 0.15) is 25.1 Å². The van der Waals surface area contributed by atoms with Crippen molar-refractivity contribution in [2.24, 2.45) is 24.6 Å². The summed E-state index contributed by atoms with van der Waals surface area (Å²) in [7, 11) is 1.98. The van der Waals surface area contributed by atoms with Gasteiger partial charge >= 0.3 is 0 Å². The second kappa shape index (κ2) is 4.78. The fraction of sp³-hybridized carbons (Fsp3) is 0.769. The van der Waals surface area contributed by atoms with Gasteiger partial charge in [-0.05, 0) is 18.8 Å².